The van der Waals surface area contributed by atoms with Crippen molar-refractivity contribution in [1.82, 2.24) is 4.90 Å². The number of amides is 1. The van der Waals surface area contributed by atoms with Crippen molar-refractivity contribution in [2.45, 2.75) is 6.54 Å². The maximum Gasteiger partial charge on any atom is 0.253 e. The predicted octanol–water partition coefficient (Wildman–Crippen LogP) is 1.32. The third-order valence-corrected chi connectivity index (χ3v) is 2.29. The third kappa shape index (κ3) is 1.41. The quantitative estimate of drug-likeness (QED) is 0.654. The molecule has 2 rings (SSSR count). The van der Waals surface area contributed by atoms with E-state index in [1.165, 1.54) is 5.56 Å². The molecule has 0 spiro atoms. The topological polar surface area (TPSA) is 32.7 Å². The lowest BCUT2D eigenvalue weighted by atomic mass is 10.1. The molecule has 0 aromatic heterocycles. The molecule has 0 saturated carbocycles. The second kappa shape index (κ2) is 3.25. The Labute approximate surface area is 83.1 Å². The Morgan fingerprint density at radius 1 is 1.43 bits per heavy atom. The number of aliphatic imine (C=N–C) groups is 1. The molecule has 0 unspecified atom stereocenters. The molecule has 0 N–H and O–H groups in total. The van der Waals surface area contributed by atoms with Gasteiger partial charge in [0, 0.05) is 25.9 Å². The number of benzene rings is 1. The number of hydrogen-bond donors (Lipinski definition) is 0. The predicted molar refractivity (Wildman–Crippen MR) is 55.8 cm³/mol. The first-order valence-corrected chi connectivity index (χ1v) is 4.53. The lowest BCUT2D eigenvalue weighted by Gasteiger charge is -2.10. The van der Waals surface area contributed by atoms with Gasteiger partial charge in [-0.1, -0.05) is 6.07 Å². The van der Waals surface area contributed by atoms with E-state index in [4.69, 9.17) is 0 Å². The number of hydrogen-bond acceptors (Lipinski definition) is 2. The first-order valence-electron chi connectivity index (χ1n) is 4.53. The summed E-state index contributed by atoms with van der Waals surface area (Å²) in [5.74, 6) is 0.0353. The summed E-state index contributed by atoms with van der Waals surface area (Å²) >= 11 is 0. The van der Waals surface area contributed by atoms with Crippen LogP contribution in [0.3, 0.4) is 0 Å². The van der Waals surface area contributed by atoms with Gasteiger partial charge in [-0.2, -0.15) is 0 Å². The number of rotatable bonds is 1. The summed E-state index contributed by atoms with van der Waals surface area (Å²) in [6, 6.07) is 5.73. The molecule has 1 aliphatic heterocycles. The summed E-state index contributed by atoms with van der Waals surface area (Å²) in [5.41, 5.74) is 2.99. The van der Waals surface area contributed by atoms with E-state index >= 15 is 0 Å². The fraction of sp³-hybridized carbons (Fsp3) is 0.273. The Bertz CT molecular complexity index is 408. The smallest absolute Gasteiger partial charge is 0.253 e. The van der Waals surface area contributed by atoms with Crippen LogP contribution in [0.1, 0.15) is 21.5 Å². The lowest BCUT2D eigenvalue weighted by molar-refractivity contribution is 0.0827. The van der Waals surface area contributed by atoms with Gasteiger partial charge in [-0.05, 0) is 23.3 Å². The fourth-order valence-corrected chi connectivity index (χ4v) is 1.49. The summed E-state index contributed by atoms with van der Waals surface area (Å²) in [6.45, 7) is 0.742. The highest BCUT2D eigenvalue weighted by Gasteiger charge is 2.12. The van der Waals surface area contributed by atoms with Gasteiger partial charge < -0.3 is 4.90 Å². The molecule has 0 saturated heterocycles. The van der Waals surface area contributed by atoms with Gasteiger partial charge in [0.1, 0.15) is 0 Å². The monoisotopic (exact) mass is 188 g/mol. The van der Waals surface area contributed by atoms with Crippen LogP contribution >= 0.6 is 0 Å². The van der Waals surface area contributed by atoms with Crippen molar-refractivity contribution in [3.63, 3.8) is 0 Å². The summed E-state index contributed by atoms with van der Waals surface area (Å²) in [7, 11) is 3.51. The van der Waals surface area contributed by atoms with Crippen molar-refractivity contribution in [1.29, 1.82) is 0 Å². The van der Waals surface area contributed by atoms with Crippen molar-refractivity contribution in [2.24, 2.45) is 4.99 Å². The van der Waals surface area contributed by atoms with Crippen LogP contribution in [0.4, 0.5) is 0 Å². The van der Waals surface area contributed by atoms with E-state index < -0.39 is 0 Å². The van der Waals surface area contributed by atoms with Gasteiger partial charge in [-0.3, -0.25) is 9.79 Å². The molecule has 1 aliphatic rings. The van der Waals surface area contributed by atoms with Gasteiger partial charge in [0.15, 0.2) is 0 Å². The van der Waals surface area contributed by atoms with Gasteiger partial charge >= 0.3 is 0 Å². The molecule has 1 aromatic rings. The molecule has 1 heterocycles. The zero-order valence-corrected chi connectivity index (χ0v) is 8.32. The number of carbonyl (C=O) groups is 1. The Morgan fingerprint density at radius 3 is 2.93 bits per heavy atom. The molecule has 1 amide bonds. The molecule has 0 radical (unpaired) electrons. The first kappa shape index (κ1) is 8.94. The molecule has 0 bridgehead atoms. The Balaban J connectivity index is 2.37. The maximum absolute atomic E-state index is 11.6. The molecule has 1 aromatic carbocycles. The largest absolute Gasteiger partial charge is 0.345 e. The van der Waals surface area contributed by atoms with E-state index in [2.05, 4.69) is 4.99 Å². The van der Waals surface area contributed by atoms with Crippen LogP contribution in [0.2, 0.25) is 0 Å². The summed E-state index contributed by atoms with van der Waals surface area (Å²) in [4.78, 5) is 17.3. The number of nitrogens with zero attached hydrogens (tertiary/aromatic N) is 2. The molecular formula is C11H12N2O. The third-order valence-electron chi connectivity index (χ3n) is 2.29. The fourth-order valence-electron chi connectivity index (χ4n) is 1.49. The van der Waals surface area contributed by atoms with E-state index in [0.29, 0.717) is 0 Å². The summed E-state index contributed by atoms with van der Waals surface area (Å²) in [5, 5.41) is 0. The first-order chi connectivity index (χ1) is 6.68. The zero-order valence-electron chi connectivity index (χ0n) is 8.32. The van der Waals surface area contributed by atoms with Gasteiger partial charge in [0.25, 0.3) is 5.91 Å². The van der Waals surface area contributed by atoms with Crippen molar-refractivity contribution in [3.05, 3.63) is 34.9 Å². The van der Waals surface area contributed by atoms with E-state index in [0.717, 1.165) is 17.7 Å². The summed E-state index contributed by atoms with van der Waals surface area (Å²) < 4.78 is 0. The van der Waals surface area contributed by atoms with Gasteiger partial charge in [-0.25, -0.2) is 0 Å². The van der Waals surface area contributed by atoms with Crippen LogP contribution in [0, 0.1) is 0 Å². The highest BCUT2D eigenvalue weighted by molar-refractivity contribution is 5.96. The van der Waals surface area contributed by atoms with E-state index in [9.17, 15) is 4.79 Å². The summed E-state index contributed by atoms with van der Waals surface area (Å²) in [6.07, 6.45) is 1.82. The van der Waals surface area contributed by atoms with Crippen molar-refractivity contribution >= 4 is 12.1 Å². The normalized spacial score (nSPS) is 12.7. The van der Waals surface area contributed by atoms with Crippen molar-refractivity contribution in [2.75, 3.05) is 14.1 Å². The standard InChI is InChI=1S/C11H12N2O/c1-13(2)11(14)8-3-4-9-6-12-7-10(9)5-8/h3-5,7H,6H2,1-2H3. The Kier molecular flexibility index (Phi) is 2.08. The molecule has 72 valence electrons. The van der Waals surface area contributed by atoms with Crippen molar-refractivity contribution in [3.8, 4) is 0 Å². The van der Waals surface area contributed by atoms with Crippen LogP contribution < -0.4 is 0 Å². The van der Waals surface area contributed by atoms with Gasteiger partial charge in [0.2, 0.25) is 0 Å². The molecule has 0 aliphatic carbocycles. The van der Waals surface area contributed by atoms with Crippen LogP contribution in [0.5, 0.6) is 0 Å². The molecule has 14 heavy (non-hydrogen) atoms. The SMILES string of the molecule is CN(C)C(=O)c1ccc2c(c1)C=NC2. The Morgan fingerprint density at radius 2 is 2.21 bits per heavy atom. The van der Waals surface area contributed by atoms with Crippen LogP contribution in [-0.4, -0.2) is 31.1 Å². The molecule has 3 nitrogen and oxygen atoms in total. The van der Waals surface area contributed by atoms with Gasteiger partial charge in [0.05, 0.1) is 6.54 Å². The van der Waals surface area contributed by atoms with E-state index in [1.807, 2.05) is 24.4 Å². The van der Waals surface area contributed by atoms with Crippen LogP contribution in [0.15, 0.2) is 23.2 Å². The molecule has 0 atom stereocenters. The van der Waals surface area contributed by atoms with E-state index in [1.54, 1.807) is 19.0 Å². The molecular weight excluding hydrogens is 176 g/mol. The minimum Gasteiger partial charge on any atom is -0.345 e. The minimum atomic E-state index is 0.0353. The average Bonchev–Trinajstić information content (AvgIpc) is 2.62. The minimum absolute atomic E-state index is 0.0353. The molecule has 3 heteroatoms. The van der Waals surface area contributed by atoms with E-state index in [-0.39, 0.29) is 5.91 Å². The van der Waals surface area contributed by atoms with Crippen LogP contribution in [-0.2, 0) is 6.54 Å². The van der Waals surface area contributed by atoms with Crippen LogP contribution in [0.25, 0.3) is 0 Å². The highest BCUT2D eigenvalue weighted by Crippen LogP contribution is 2.16. The number of fused-ring (bicyclic) bond motifs is 1. The second-order valence-electron chi connectivity index (χ2n) is 3.58. The average molecular weight is 188 g/mol. The zero-order chi connectivity index (χ0) is 10.1. The van der Waals surface area contributed by atoms with Gasteiger partial charge in [-0.15, -0.1) is 0 Å². The maximum atomic E-state index is 11.6. The molecule has 0 fully saturated rings. The lowest BCUT2D eigenvalue weighted by Crippen LogP contribution is -2.21. The number of carbonyl (C=O) groups excluding carboxylic acids is 1. The van der Waals surface area contributed by atoms with Crippen molar-refractivity contribution < 1.29 is 4.79 Å². The Hall–Kier alpha value is -1.64. The second-order valence-corrected chi connectivity index (χ2v) is 3.58. The highest BCUT2D eigenvalue weighted by atomic mass is 16.2.